The molecule has 0 aromatic rings. The molecule has 114 valence electrons. The minimum atomic E-state index is -1.21. The van der Waals surface area contributed by atoms with Crippen molar-refractivity contribution in [1.82, 2.24) is 10.2 Å². The Kier molecular flexibility index (Phi) is 5.79. The highest BCUT2D eigenvalue weighted by molar-refractivity contribution is 5.83. The first-order valence-electron chi connectivity index (χ1n) is 6.83. The van der Waals surface area contributed by atoms with Gasteiger partial charge in [-0.2, -0.15) is 0 Å². The van der Waals surface area contributed by atoms with Crippen molar-refractivity contribution in [1.29, 1.82) is 0 Å². The first kappa shape index (κ1) is 16.3. The lowest BCUT2D eigenvalue weighted by molar-refractivity contribution is -0.140. The molecular weight excluding hydrogens is 264 g/mol. The fourth-order valence-electron chi connectivity index (χ4n) is 1.86. The molecule has 1 atom stereocenters. The van der Waals surface area contributed by atoms with E-state index < -0.39 is 24.0 Å². The van der Waals surface area contributed by atoms with Crippen molar-refractivity contribution in [2.75, 3.05) is 6.54 Å². The molecule has 1 saturated carbocycles. The lowest BCUT2D eigenvalue weighted by Gasteiger charge is -2.28. The van der Waals surface area contributed by atoms with Gasteiger partial charge in [0.2, 0.25) is 0 Å². The van der Waals surface area contributed by atoms with Gasteiger partial charge in [-0.3, -0.25) is 4.79 Å². The van der Waals surface area contributed by atoms with Crippen LogP contribution >= 0.6 is 0 Å². The number of rotatable bonds is 8. The van der Waals surface area contributed by atoms with Gasteiger partial charge in [-0.05, 0) is 39.0 Å². The molecule has 7 nitrogen and oxygen atoms in total. The van der Waals surface area contributed by atoms with E-state index in [1.807, 2.05) is 13.8 Å². The van der Waals surface area contributed by atoms with Crippen LogP contribution in [-0.2, 0) is 9.59 Å². The van der Waals surface area contributed by atoms with Gasteiger partial charge in [-0.1, -0.05) is 0 Å². The van der Waals surface area contributed by atoms with Gasteiger partial charge in [0.25, 0.3) is 0 Å². The van der Waals surface area contributed by atoms with Crippen molar-refractivity contribution in [3.63, 3.8) is 0 Å². The minimum Gasteiger partial charge on any atom is -0.481 e. The average molecular weight is 286 g/mol. The summed E-state index contributed by atoms with van der Waals surface area (Å²) in [6.07, 6.45) is 1.78. The number of carbonyl (C=O) groups excluding carboxylic acids is 1. The second-order valence-corrected chi connectivity index (χ2v) is 5.46. The predicted molar refractivity (Wildman–Crippen MR) is 71.4 cm³/mol. The Labute approximate surface area is 117 Å². The molecule has 0 aromatic heterocycles. The molecule has 1 aliphatic carbocycles. The zero-order valence-corrected chi connectivity index (χ0v) is 11.8. The number of nitrogens with zero attached hydrogens (tertiary/aromatic N) is 1. The molecule has 1 aliphatic rings. The van der Waals surface area contributed by atoms with Crippen molar-refractivity contribution < 1.29 is 24.6 Å². The van der Waals surface area contributed by atoms with Crippen molar-refractivity contribution in [2.24, 2.45) is 5.92 Å². The topological polar surface area (TPSA) is 107 Å². The SMILES string of the molecule is CC(C)N(CC1CC1)C(=O)N[C@@H](CCC(=O)O)C(=O)O. The van der Waals surface area contributed by atoms with Gasteiger partial charge >= 0.3 is 18.0 Å². The molecule has 1 fully saturated rings. The number of nitrogens with one attached hydrogen (secondary N) is 1. The molecule has 0 unspecified atom stereocenters. The Bertz CT molecular complexity index is 379. The highest BCUT2D eigenvalue weighted by Gasteiger charge is 2.30. The molecule has 0 radical (unpaired) electrons. The summed E-state index contributed by atoms with van der Waals surface area (Å²) in [4.78, 5) is 35.3. The molecule has 0 aliphatic heterocycles. The summed E-state index contributed by atoms with van der Waals surface area (Å²) in [7, 11) is 0. The van der Waals surface area contributed by atoms with Crippen LogP contribution < -0.4 is 5.32 Å². The second kappa shape index (κ2) is 7.12. The van der Waals surface area contributed by atoms with Crippen molar-refractivity contribution in [3.05, 3.63) is 0 Å². The van der Waals surface area contributed by atoms with Crippen LogP contribution in [0.3, 0.4) is 0 Å². The van der Waals surface area contributed by atoms with E-state index in [-0.39, 0.29) is 18.9 Å². The molecule has 0 heterocycles. The number of hydrogen-bond donors (Lipinski definition) is 3. The van der Waals surface area contributed by atoms with E-state index in [1.54, 1.807) is 4.90 Å². The predicted octanol–water partition coefficient (Wildman–Crippen LogP) is 1.13. The smallest absolute Gasteiger partial charge is 0.326 e. The van der Waals surface area contributed by atoms with Crippen LogP contribution in [0.1, 0.15) is 39.5 Å². The Morgan fingerprint density at radius 3 is 2.25 bits per heavy atom. The van der Waals surface area contributed by atoms with Crippen LogP contribution in [0.15, 0.2) is 0 Å². The highest BCUT2D eigenvalue weighted by atomic mass is 16.4. The fourth-order valence-corrected chi connectivity index (χ4v) is 1.86. The standard InChI is InChI=1S/C13H22N2O5/c1-8(2)15(7-9-3-4-9)13(20)14-10(12(18)19)5-6-11(16)17/h8-10H,3-7H2,1-2H3,(H,14,20)(H,16,17)(H,18,19)/t10-/m0/s1. The van der Waals surface area contributed by atoms with E-state index >= 15 is 0 Å². The first-order valence-corrected chi connectivity index (χ1v) is 6.83. The molecule has 20 heavy (non-hydrogen) atoms. The number of aliphatic carboxylic acids is 2. The quantitative estimate of drug-likeness (QED) is 0.620. The number of carbonyl (C=O) groups is 3. The zero-order valence-electron chi connectivity index (χ0n) is 11.8. The van der Waals surface area contributed by atoms with Crippen molar-refractivity contribution in [3.8, 4) is 0 Å². The third kappa shape index (κ3) is 5.46. The number of hydrogen-bond acceptors (Lipinski definition) is 3. The largest absolute Gasteiger partial charge is 0.481 e. The summed E-state index contributed by atoms with van der Waals surface area (Å²) in [5, 5.41) is 20.0. The van der Waals surface area contributed by atoms with E-state index in [4.69, 9.17) is 10.2 Å². The van der Waals surface area contributed by atoms with Crippen LogP contribution in [0, 0.1) is 5.92 Å². The van der Waals surface area contributed by atoms with Crippen LogP contribution in [-0.4, -0.2) is 51.7 Å². The molecule has 0 spiro atoms. The van der Waals surface area contributed by atoms with Crippen LogP contribution in [0.5, 0.6) is 0 Å². The van der Waals surface area contributed by atoms with Gasteiger partial charge in [0, 0.05) is 19.0 Å². The van der Waals surface area contributed by atoms with Crippen molar-refractivity contribution in [2.45, 2.75) is 51.6 Å². The Balaban J connectivity index is 2.57. The Morgan fingerprint density at radius 2 is 1.85 bits per heavy atom. The molecule has 0 bridgehead atoms. The first-order chi connectivity index (χ1) is 9.31. The van der Waals surface area contributed by atoms with Gasteiger partial charge in [-0.15, -0.1) is 0 Å². The van der Waals surface area contributed by atoms with Gasteiger partial charge in [-0.25, -0.2) is 9.59 Å². The van der Waals surface area contributed by atoms with E-state index in [0.717, 1.165) is 12.8 Å². The summed E-state index contributed by atoms with van der Waals surface area (Å²) in [6.45, 7) is 4.36. The van der Waals surface area contributed by atoms with E-state index in [0.29, 0.717) is 12.5 Å². The summed E-state index contributed by atoms with van der Waals surface area (Å²) >= 11 is 0. The molecule has 0 aromatic carbocycles. The summed E-state index contributed by atoms with van der Waals surface area (Å²) in [6, 6.07) is -1.63. The summed E-state index contributed by atoms with van der Waals surface area (Å²) < 4.78 is 0. The third-order valence-corrected chi connectivity index (χ3v) is 3.28. The van der Waals surface area contributed by atoms with E-state index in [9.17, 15) is 14.4 Å². The van der Waals surface area contributed by atoms with Crippen molar-refractivity contribution >= 4 is 18.0 Å². The maximum absolute atomic E-state index is 12.1. The van der Waals surface area contributed by atoms with E-state index in [1.165, 1.54) is 0 Å². The van der Waals surface area contributed by atoms with Crippen LogP contribution in [0.2, 0.25) is 0 Å². The van der Waals surface area contributed by atoms with Gasteiger partial charge in [0.05, 0.1) is 0 Å². The van der Waals surface area contributed by atoms with Gasteiger partial charge in [0.1, 0.15) is 6.04 Å². The van der Waals surface area contributed by atoms with Crippen LogP contribution in [0.4, 0.5) is 4.79 Å². The number of carboxylic acid groups (broad SMARTS) is 2. The minimum absolute atomic E-state index is 0.0236. The number of carboxylic acids is 2. The monoisotopic (exact) mass is 286 g/mol. The van der Waals surface area contributed by atoms with Gasteiger partial charge < -0.3 is 20.4 Å². The molecule has 2 amide bonds. The molecule has 3 N–H and O–H groups in total. The number of urea groups is 1. The zero-order chi connectivity index (χ0) is 15.3. The van der Waals surface area contributed by atoms with Crippen LogP contribution in [0.25, 0.3) is 0 Å². The fraction of sp³-hybridized carbons (Fsp3) is 0.769. The molecular formula is C13H22N2O5. The molecule has 1 rings (SSSR count). The Morgan fingerprint density at radius 1 is 1.25 bits per heavy atom. The highest BCUT2D eigenvalue weighted by Crippen LogP contribution is 2.30. The summed E-state index contributed by atoms with van der Waals surface area (Å²) in [5.41, 5.74) is 0. The third-order valence-electron chi connectivity index (χ3n) is 3.28. The number of amides is 2. The lowest BCUT2D eigenvalue weighted by Crippen LogP contribution is -2.50. The Hall–Kier alpha value is -1.79. The lowest BCUT2D eigenvalue weighted by atomic mass is 10.1. The average Bonchev–Trinajstić information content (AvgIpc) is 3.13. The second-order valence-electron chi connectivity index (χ2n) is 5.46. The van der Waals surface area contributed by atoms with Gasteiger partial charge in [0.15, 0.2) is 0 Å². The van der Waals surface area contributed by atoms with E-state index in [2.05, 4.69) is 5.32 Å². The molecule has 7 heteroatoms. The molecule has 0 saturated heterocycles. The maximum Gasteiger partial charge on any atom is 0.326 e. The normalized spacial score (nSPS) is 15.8. The summed E-state index contributed by atoms with van der Waals surface area (Å²) in [5.74, 6) is -1.79. The maximum atomic E-state index is 12.1.